The third kappa shape index (κ3) is 3.16. The molecule has 5 heteroatoms. The quantitative estimate of drug-likeness (QED) is 0.466. The predicted molar refractivity (Wildman–Crippen MR) is 113 cm³/mol. The maximum absolute atomic E-state index is 6.28. The highest BCUT2D eigenvalue weighted by Gasteiger charge is 2.22. The van der Waals surface area contributed by atoms with Crippen LogP contribution >= 0.6 is 34.8 Å². The number of hydrogen-bond acceptors (Lipinski definition) is 1. The summed E-state index contributed by atoms with van der Waals surface area (Å²) in [6.07, 6.45) is 3.21. The van der Waals surface area contributed by atoms with E-state index in [0.29, 0.717) is 10.0 Å². The molecule has 3 aromatic rings. The normalized spacial score (nSPS) is 15.5. The smallest absolute Gasteiger partial charge is 0.0598 e. The van der Waals surface area contributed by atoms with Crippen LogP contribution in [0.5, 0.6) is 0 Å². The van der Waals surface area contributed by atoms with Crippen molar-refractivity contribution >= 4 is 57.5 Å². The number of benzene rings is 2. The van der Waals surface area contributed by atoms with E-state index in [-0.39, 0.29) is 0 Å². The Bertz CT molecular complexity index is 1030. The monoisotopic (exact) mass is 404 g/mol. The molecule has 0 N–H and O–H groups in total. The summed E-state index contributed by atoms with van der Waals surface area (Å²) >= 11 is 18.5. The molecule has 1 aliphatic heterocycles. The molecule has 1 aliphatic rings. The molecule has 0 spiro atoms. The van der Waals surface area contributed by atoms with Gasteiger partial charge in [0.1, 0.15) is 0 Å². The van der Waals surface area contributed by atoms with Gasteiger partial charge in [-0.2, -0.15) is 0 Å². The van der Waals surface area contributed by atoms with Gasteiger partial charge in [-0.1, -0.05) is 40.9 Å². The molecule has 0 amide bonds. The zero-order chi connectivity index (χ0) is 18.4. The Labute approximate surface area is 168 Å². The highest BCUT2D eigenvalue weighted by Crippen LogP contribution is 2.34. The number of nitrogens with zero attached hydrogens (tertiary/aromatic N) is 2. The Morgan fingerprint density at radius 3 is 2.62 bits per heavy atom. The van der Waals surface area contributed by atoms with Gasteiger partial charge in [0.25, 0.3) is 0 Å². The highest BCUT2D eigenvalue weighted by molar-refractivity contribution is 6.42. The molecule has 0 unspecified atom stereocenters. The van der Waals surface area contributed by atoms with Gasteiger partial charge < -0.3 is 9.47 Å². The third-order valence-corrected chi connectivity index (χ3v) is 6.01. The summed E-state index contributed by atoms with van der Waals surface area (Å²) in [4.78, 5) is 2.35. The van der Waals surface area contributed by atoms with Crippen LogP contribution in [-0.2, 0) is 13.0 Å². The van der Waals surface area contributed by atoms with E-state index in [9.17, 15) is 0 Å². The Morgan fingerprint density at radius 1 is 1.04 bits per heavy atom. The minimum atomic E-state index is 0.574. The van der Waals surface area contributed by atoms with Crippen LogP contribution in [0.15, 0.2) is 36.4 Å². The molecular formula is C21H19Cl3N2. The second-order valence-corrected chi connectivity index (χ2v) is 8.14. The van der Waals surface area contributed by atoms with Gasteiger partial charge >= 0.3 is 0 Å². The lowest BCUT2D eigenvalue weighted by Crippen LogP contribution is -2.26. The van der Waals surface area contributed by atoms with Crippen LogP contribution in [0.2, 0.25) is 15.1 Å². The molecule has 0 fully saturated rings. The molecule has 2 nitrogen and oxygen atoms in total. The van der Waals surface area contributed by atoms with E-state index in [0.717, 1.165) is 35.7 Å². The molecule has 0 saturated heterocycles. The fourth-order valence-electron chi connectivity index (χ4n) is 3.66. The van der Waals surface area contributed by atoms with E-state index < -0.39 is 0 Å². The average molecular weight is 406 g/mol. The first-order valence-corrected chi connectivity index (χ1v) is 9.71. The van der Waals surface area contributed by atoms with Gasteiger partial charge in [0, 0.05) is 41.8 Å². The predicted octanol–water partition coefficient (Wildman–Crippen LogP) is 6.61. The molecule has 1 aromatic heterocycles. The van der Waals surface area contributed by atoms with Crippen LogP contribution in [0.4, 0.5) is 0 Å². The van der Waals surface area contributed by atoms with Gasteiger partial charge in [-0.25, -0.2) is 0 Å². The summed E-state index contributed by atoms with van der Waals surface area (Å²) in [6, 6.07) is 11.9. The summed E-state index contributed by atoms with van der Waals surface area (Å²) < 4.78 is 2.31. The van der Waals surface area contributed by atoms with Crippen LogP contribution in [0.1, 0.15) is 23.7 Å². The maximum Gasteiger partial charge on any atom is 0.0598 e. The minimum absolute atomic E-state index is 0.574. The van der Waals surface area contributed by atoms with Crippen molar-refractivity contribution in [1.82, 2.24) is 9.47 Å². The van der Waals surface area contributed by atoms with Gasteiger partial charge in [-0.05, 0) is 61.0 Å². The van der Waals surface area contributed by atoms with Crippen LogP contribution in [0.25, 0.3) is 22.7 Å². The SMILES string of the molecule is C/C(=C/n1c2c(c3cc(Cl)ccc31)CN(C)CC2)c1ccc(Cl)c(Cl)c1. The lowest BCUT2D eigenvalue weighted by Gasteiger charge is -2.23. The van der Waals surface area contributed by atoms with Crippen LogP contribution < -0.4 is 0 Å². The third-order valence-electron chi connectivity index (χ3n) is 5.04. The molecule has 2 aromatic carbocycles. The molecule has 0 aliphatic carbocycles. The molecule has 2 heterocycles. The standard InChI is InChI=1S/C21H19Cl3N2/c1-13(14-3-5-18(23)19(24)9-14)11-26-20-6-4-15(22)10-16(20)17-12-25(2)8-7-21(17)26/h3-6,9-11H,7-8,12H2,1-2H3/b13-11-. The van der Waals surface area contributed by atoms with E-state index >= 15 is 0 Å². The number of halogens is 3. The summed E-state index contributed by atoms with van der Waals surface area (Å²) in [6.45, 7) is 4.10. The second kappa shape index (κ2) is 6.94. The molecular weight excluding hydrogens is 387 g/mol. The van der Waals surface area contributed by atoms with E-state index in [1.165, 1.54) is 22.2 Å². The average Bonchev–Trinajstić information content (AvgIpc) is 2.90. The van der Waals surface area contributed by atoms with Crippen molar-refractivity contribution in [1.29, 1.82) is 0 Å². The maximum atomic E-state index is 6.28. The van der Waals surface area contributed by atoms with Crippen LogP contribution in [0.3, 0.4) is 0 Å². The Morgan fingerprint density at radius 2 is 1.85 bits per heavy atom. The van der Waals surface area contributed by atoms with Crippen molar-refractivity contribution in [2.45, 2.75) is 19.9 Å². The van der Waals surface area contributed by atoms with Crippen LogP contribution in [0, 0.1) is 0 Å². The first-order chi connectivity index (χ1) is 12.4. The number of hydrogen-bond donors (Lipinski definition) is 0. The molecule has 4 rings (SSSR count). The molecule has 0 radical (unpaired) electrons. The number of aromatic nitrogens is 1. The summed E-state index contributed by atoms with van der Waals surface area (Å²) in [5.41, 5.74) is 6.12. The van der Waals surface area contributed by atoms with Crippen molar-refractivity contribution in [2.75, 3.05) is 13.6 Å². The Kier molecular flexibility index (Phi) is 4.79. The van der Waals surface area contributed by atoms with Crippen molar-refractivity contribution in [3.63, 3.8) is 0 Å². The van der Waals surface area contributed by atoms with Gasteiger partial charge in [0.05, 0.1) is 15.6 Å². The molecule has 26 heavy (non-hydrogen) atoms. The largest absolute Gasteiger partial charge is 0.320 e. The molecule has 0 atom stereocenters. The molecule has 0 saturated carbocycles. The number of likely N-dealkylation sites (N-methyl/N-ethyl adjacent to an activating group) is 1. The van der Waals surface area contributed by atoms with Crippen molar-refractivity contribution in [3.8, 4) is 0 Å². The fourth-order valence-corrected chi connectivity index (χ4v) is 4.13. The lowest BCUT2D eigenvalue weighted by atomic mass is 10.1. The van der Waals surface area contributed by atoms with Gasteiger partial charge in [-0.15, -0.1) is 0 Å². The van der Waals surface area contributed by atoms with Crippen molar-refractivity contribution in [2.24, 2.45) is 0 Å². The molecule has 134 valence electrons. The zero-order valence-corrected chi connectivity index (χ0v) is 17.0. The number of rotatable bonds is 2. The van der Waals surface area contributed by atoms with E-state index in [1.807, 2.05) is 24.3 Å². The van der Waals surface area contributed by atoms with E-state index in [4.69, 9.17) is 34.8 Å². The lowest BCUT2D eigenvalue weighted by molar-refractivity contribution is 0.312. The van der Waals surface area contributed by atoms with E-state index in [1.54, 1.807) is 0 Å². The van der Waals surface area contributed by atoms with Crippen molar-refractivity contribution < 1.29 is 0 Å². The second-order valence-electron chi connectivity index (χ2n) is 6.89. The molecule has 0 bridgehead atoms. The Hall–Kier alpha value is -1.45. The topological polar surface area (TPSA) is 8.17 Å². The first kappa shape index (κ1) is 17.9. The van der Waals surface area contributed by atoms with Gasteiger partial charge in [0.2, 0.25) is 0 Å². The Balaban J connectivity index is 1.89. The number of allylic oxidation sites excluding steroid dienone is 1. The summed E-state index contributed by atoms with van der Waals surface area (Å²) in [5, 5.41) is 3.16. The number of fused-ring (bicyclic) bond motifs is 3. The van der Waals surface area contributed by atoms with Crippen molar-refractivity contribution in [3.05, 3.63) is 68.3 Å². The highest BCUT2D eigenvalue weighted by atomic mass is 35.5. The van der Waals surface area contributed by atoms with Crippen LogP contribution in [-0.4, -0.2) is 23.1 Å². The summed E-state index contributed by atoms with van der Waals surface area (Å²) in [7, 11) is 2.16. The fraction of sp³-hybridized carbons (Fsp3) is 0.238. The van der Waals surface area contributed by atoms with Gasteiger partial charge in [0.15, 0.2) is 0 Å². The zero-order valence-electron chi connectivity index (χ0n) is 14.7. The minimum Gasteiger partial charge on any atom is -0.320 e. The van der Waals surface area contributed by atoms with E-state index in [2.05, 4.69) is 41.8 Å². The first-order valence-electron chi connectivity index (χ1n) is 8.57. The summed E-state index contributed by atoms with van der Waals surface area (Å²) in [5.74, 6) is 0. The van der Waals surface area contributed by atoms with Gasteiger partial charge in [-0.3, -0.25) is 0 Å².